The van der Waals surface area contributed by atoms with Crippen molar-refractivity contribution in [1.82, 2.24) is 0 Å². The molecule has 0 aromatic carbocycles. The summed E-state index contributed by atoms with van der Waals surface area (Å²) in [7, 11) is 0. The zero-order chi connectivity index (χ0) is 12.2. The highest BCUT2D eigenvalue weighted by molar-refractivity contribution is 8.04. The minimum atomic E-state index is 0.997. The maximum atomic E-state index is 2.34. The normalized spacial score (nSPS) is 42.7. The van der Waals surface area contributed by atoms with Crippen molar-refractivity contribution >= 4 is 35.3 Å². The largest absolute Gasteiger partial charge is 0.158 e. The van der Waals surface area contributed by atoms with Crippen molar-refractivity contribution in [2.75, 3.05) is 17.3 Å². The fraction of sp³-hybridized carbons (Fsp3) is 1.00. The van der Waals surface area contributed by atoms with Crippen LogP contribution in [0.2, 0.25) is 0 Å². The van der Waals surface area contributed by atoms with Gasteiger partial charge in [0, 0.05) is 15.7 Å². The molecule has 0 aromatic rings. The fourth-order valence-electron chi connectivity index (χ4n) is 3.73. The van der Waals surface area contributed by atoms with Gasteiger partial charge < -0.3 is 0 Å². The van der Waals surface area contributed by atoms with Crippen LogP contribution in [0, 0.1) is 5.92 Å². The summed E-state index contributed by atoms with van der Waals surface area (Å²) in [6.45, 7) is 0. The molecule has 0 nitrogen and oxygen atoms in total. The first kappa shape index (κ1) is 14.0. The van der Waals surface area contributed by atoms with E-state index in [0.29, 0.717) is 0 Å². The summed E-state index contributed by atoms with van der Waals surface area (Å²) in [5.41, 5.74) is 0. The fourth-order valence-corrected chi connectivity index (χ4v) is 8.79. The molecule has 0 bridgehead atoms. The molecule has 0 aromatic heterocycles. The van der Waals surface area contributed by atoms with Gasteiger partial charge in [-0.25, -0.2) is 0 Å². The van der Waals surface area contributed by atoms with Crippen molar-refractivity contribution in [3.8, 4) is 0 Å². The third-order valence-electron chi connectivity index (χ3n) is 4.69. The first-order valence-corrected chi connectivity index (χ1v) is 10.9. The van der Waals surface area contributed by atoms with Crippen molar-refractivity contribution in [1.29, 1.82) is 0 Å². The maximum absolute atomic E-state index is 2.34. The molecule has 18 heavy (non-hydrogen) atoms. The summed E-state index contributed by atoms with van der Waals surface area (Å²) in [5.74, 6) is 5.36. The van der Waals surface area contributed by atoms with Gasteiger partial charge in [0.05, 0.1) is 0 Å². The van der Waals surface area contributed by atoms with E-state index in [1.807, 2.05) is 0 Å². The Bertz CT molecular complexity index is 218. The Morgan fingerprint density at radius 1 is 0.556 bits per heavy atom. The lowest BCUT2D eigenvalue weighted by molar-refractivity contribution is 0.392. The molecular formula is C15H26S3. The molecule has 3 aliphatic heterocycles. The van der Waals surface area contributed by atoms with Crippen LogP contribution in [0.4, 0.5) is 0 Å². The molecule has 0 N–H and O–H groups in total. The lowest BCUT2D eigenvalue weighted by atomic mass is 9.89. The Balaban J connectivity index is 1.64. The Hall–Kier alpha value is 1.05. The number of thioether (sulfide) groups is 3. The smallest absolute Gasteiger partial charge is 0.0205 e. The minimum absolute atomic E-state index is 0.997. The lowest BCUT2D eigenvalue weighted by Gasteiger charge is -2.42. The van der Waals surface area contributed by atoms with Gasteiger partial charge in [-0.3, -0.25) is 0 Å². The van der Waals surface area contributed by atoms with E-state index < -0.39 is 0 Å². The van der Waals surface area contributed by atoms with Gasteiger partial charge in [-0.1, -0.05) is 12.8 Å². The predicted molar refractivity (Wildman–Crippen MR) is 89.2 cm³/mol. The molecule has 0 amide bonds. The molecule has 104 valence electrons. The molecule has 3 heteroatoms. The van der Waals surface area contributed by atoms with E-state index in [4.69, 9.17) is 0 Å². The summed E-state index contributed by atoms with van der Waals surface area (Å²) in [6.07, 6.45) is 12.0. The molecular weight excluding hydrogens is 276 g/mol. The van der Waals surface area contributed by atoms with Gasteiger partial charge in [0.1, 0.15) is 0 Å². The number of rotatable bonds is 2. The van der Waals surface area contributed by atoms with Crippen LogP contribution in [0.25, 0.3) is 0 Å². The Morgan fingerprint density at radius 2 is 1.22 bits per heavy atom. The topological polar surface area (TPSA) is 0 Å². The molecule has 4 atom stereocenters. The molecule has 3 rings (SSSR count). The van der Waals surface area contributed by atoms with Crippen molar-refractivity contribution < 1.29 is 0 Å². The molecule has 3 heterocycles. The van der Waals surface area contributed by atoms with E-state index in [1.165, 1.54) is 68.6 Å². The van der Waals surface area contributed by atoms with Gasteiger partial charge in [0.25, 0.3) is 0 Å². The molecule has 3 saturated heterocycles. The van der Waals surface area contributed by atoms with Gasteiger partial charge in [-0.15, -0.1) is 0 Å². The summed E-state index contributed by atoms with van der Waals surface area (Å²) >= 11 is 6.96. The van der Waals surface area contributed by atoms with Gasteiger partial charge in [0.15, 0.2) is 0 Å². The van der Waals surface area contributed by atoms with Crippen molar-refractivity contribution in [3.63, 3.8) is 0 Å². The van der Waals surface area contributed by atoms with Crippen LogP contribution in [-0.2, 0) is 0 Å². The Kier molecular flexibility index (Phi) is 5.58. The second-order valence-corrected chi connectivity index (χ2v) is 9.93. The van der Waals surface area contributed by atoms with Gasteiger partial charge >= 0.3 is 0 Å². The van der Waals surface area contributed by atoms with Crippen molar-refractivity contribution in [2.45, 2.75) is 67.1 Å². The Labute approximate surface area is 125 Å². The zero-order valence-corrected chi connectivity index (χ0v) is 13.8. The molecule has 0 saturated carbocycles. The number of hydrogen-bond donors (Lipinski definition) is 0. The van der Waals surface area contributed by atoms with Crippen LogP contribution < -0.4 is 0 Å². The van der Waals surface area contributed by atoms with Crippen molar-refractivity contribution in [2.24, 2.45) is 5.92 Å². The van der Waals surface area contributed by atoms with Gasteiger partial charge in [-0.2, -0.15) is 35.3 Å². The van der Waals surface area contributed by atoms with Crippen molar-refractivity contribution in [3.05, 3.63) is 0 Å². The second-order valence-electron chi connectivity index (χ2n) is 5.95. The van der Waals surface area contributed by atoms with Gasteiger partial charge in [0.2, 0.25) is 0 Å². The van der Waals surface area contributed by atoms with Gasteiger partial charge in [-0.05, 0) is 61.7 Å². The summed E-state index contributed by atoms with van der Waals surface area (Å²) < 4.78 is 0. The molecule has 3 fully saturated rings. The molecule has 4 unspecified atom stereocenters. The van der Waals surface area contributed by atoms with Crippen LogP contribution in [0.1, 0.15) is 51.4 Å². The van der Waals surface area contributed by atoms with E-state index in [1.54, 1.807) is 0 Å². The van der Waals surface area contributed by atoms with Crippen LogP contribution in [0.15, 0.2) is 0 Å². The summed E-state index contributed by atoms with van der Waals surface area (Å²) in [5, 5.41) is 3.01. The SMILES string of the molecule is C1CCC(C2CCCSC2C2CCCCS2)SC1. The average Bonchev–Trinajstić information content (AvgIpc) is 2.49. The van der Waals surface area contributed by atoms with E-state index >= 15 is 0 Å². The second kappa shape index (κ2) is 7.17. The quantitative estimate of drug-likeness (QED) is 0.699. The first-order chi connectivity index (χ1) is 8.95. The van der Waals surface area contributed by atoms with Crippen LogP contribution >= 0.6 is 35.3 Å². The highest BCUT2D eigenvalue weighted by Gasteiger charge is 2.38. The minimum Gasteiger partial charge on any atom is -0.158 e. The molecule has 0 radical (unpaired) electrons. The van der Waals surface area contributed by atoms with Crippen LogP contribution in [0.5, 0.6) is 0 Å². The standard InChI is InChI=1S/C15H26S3/c1-3-9-16-13(7-1)12-6-5-11-18-15(12)14-8-2-4-10-17-14/h12-15H,1-11H2. The summed E-state index contributed by atoms with van der Waals surface area (Å²) in [4.78, 5) is 0. The first-order valence-electron chi connectivity index (χ1n) is 7.80. The lowest BCUT2D eigenvalue weighted by Crippen LogP contribution is -2.39. The van der Waals surface area contributed by atoms with E-state index in [-0.39, 0.29) is 0 Å². The molecule has 3 aliphatic rings. The van der Waals surface area contributed by atoms with E-state index in [9.17, 15) is 0 Å². The molecule has 0 spiro atoms. The maximum Gasteiger partial charge on any atom is 0.0205 e. The zero-order valence-electron chi connectivity index (χ0n) is 11.3. The van der Waals surface area contributed by atoms with Crippen LogP contribution in [-0.4, -0.2) is 33.0 Å². The average molecular weight is 303 g/mol. The molecule has 0 aliphatic carbocycles. The van der Waals surface area contributed by atoms with E-state index in [2.05, 4.69) is 35.3 Å². The third kappa shape index (κ3) is 3.38. The predicted octanol–water partition coefficient (Wildman–Crippen LogP) is 5.07. The summed E-state index contributed by atoms with van der Waals surface area (Å²) in [6, 6.07) is 0. The monoisotopic (exact) mass is 302 g/mol. The third-order valence-corrected chi connectivity index (χ3v) is 9.47. The van der Waals surface area contributed by atoms with Crippen LogP contribution in [0.3, 0.4) is 0 Å². The highest BCUT2D eigenvalue weighted by Crippen LogP contribution is 2.46. The number of hydrogen-bond acceptors (Lipinski definition) is 3. The highest BCUT2D eigenvalue weighted by atomic mass is 32.2. The van der Waals surface area contributed by atoms with E-state index in [0.717, 1.165) is 21.7 Å². The Morgan fingerprint density at radius 3 is 1.89 bits per heavy atom.